The maximum absolute atomic E-state index is 13.1. The van der Waals surface area contributed by atoms with Gasteiger partial charge in [0.1, 0.15) is 0 Å². The lowest BCUT2D eigenvalue weighted by Crippen LogP contribution is -2.14. The van der Waals surface area contributed by atoms with Crippen LogP contribution in [0.3, 0.4) is 0 Å². The number of rotatable bonds is 3. The zero-order valence-electron chi connectivity index (χ0n) is 15.2. The monoisotopic (exact) mass is 398 g/mol. The summed E-state index contributed by atoms with van der Waals surface area (Å²) in [6, 6.07) is 24.4. The second kappa shape index (κ2) is 7.04. The van der Waals surface area contributed by atoms with Crippen LogP contribution in [0.5, 0.6) is 0 Å². The van der Waals surface area contributed by atoms with Crippen LogP contribution >= 0.6 is 11.6 Å². The van der Waals surface area contributed by atoms with Gasteiger partial charge in [0, 0.05) is 16.0 Å². The molecule has 0 aliphatic carbocycles. The number of aromatic amines is 1. The molecular weight excluding hydrogens is 384 g/mol. The van der Waals surface area contributed by atoms with Gasteiger partial charge in [0.15, 0.2) is 0 Å². The highest BCUT2D eigenvalue weighted by Crippen LogP contribution is 2.26. The van der Waals surface area contributed by atoms with Crippen molar-refractivity contribution in [2.75, 3.05) is 5.32 Å². The quantitative estimate of drug-likeness (QED) is 0.410. The number of carbonyl (C=O) groups excluding carboxylic acids is 1. The van der Waals surface area contributed by atoms with E-state index in [0.717, 1.165) is 27.5 Å². The van der Waals surface area contributed by atoms with Gasteiger partial charge in [-0.3, -0.25) is 10.1 Å². The number of amides is 1. The van der Waals surface area contributed by atoms with Crippen LogP contribution in [-0.2, 0) is 0 Å². The molecule has 0 unspecified atom stereocenters. The number of imidazole rings is 1. The van der Waals surface area contributed by atoms with E-state index in [9.17, 15) is 4.79 Å². The largest absolute Gasteiger partial charge is 0.324 e. The van der Waals surface area contributed by atoms with Crippen LogP contribution < -0.4 is 5.32 Å². The van der Waals surface area contributed by atoms with Gasteiger partial charge in [-0.1, -0.05) is 54.1 Å². The van der Waals surface area contributed by atoms with Crippen LogP contribution in [-0.4, -0.2) is 20.9 Å². The van der Waals surface area contributed by atoms with Gasteiger partial charge in [-0.2, -0.15) is 0 Å². The summed E-state index contributed by atoms with van der Waals surface area (Å²) < 4.78 is 0. The number of halogens is 1. The van der Waals surface area contributed by atoms with Crippen LogP contribution in [0.4, 0.5) is 5.95 Å². The molecule has 5 rings (SSSR count). The lowest BCUT2D eigenvalue weighted by molar-refractivity contribution is 0.102. The molecule has 5 nitrogen and oxygen atoms in total. The number of pyridine rings is 1. The molecule has 0 spiro atoms. The Morgan fingerprint density at radius 3 is 2.38 bits per heavy atom. The number of carbonyl (C=O) groups is 1. The van der Waals surface area contributed by atoms with Gasteiger partial charge >= 0.3 is 0 Å². The number of hydrogen-bond acceptors (Lipinski definition) is 3. The molecule has 0 radical (unpaired) electrons. The summed E-state index contributed by atoms with van der Waals surface area (Å²) in [5, 5.41) is 4.30. The fourth-order valence-corrected chi connectivity index (χ4v) is 3.44. The Morgan fingerprint density at radius 1 is 0.862 bits per heavy atom. The molecule has 5 aromatic rings. The molecular formula is C23H15ClN4O. The summed E-state index contributed by atoms with van der Waals surface area (Å²) in [5.41, 5.74) is 4.53. The van der Waals surface area contributed by atoms with Gasteiger partial charge < -0.3 is 4.98 Å². The fourth-order valence-electron chi connectivity index (χ4n) is 3.32. The van der Waals surface area contributed by atoms with E-state index in [1.165, 1.54) is 0 Å². The molecule has 1 amide bonds. The predicted octanol–water partition coefficient (Wildman–Crippen LogP) is 5.68. The Morgan fingerprint density at radius 2 is 1.59 bits per heavy atom. The summed E-state index contributed by atoms with van der Waals surface area (Å²) in [6.07, 6.45) is 0. The Balaban J connectivity index is 1.58. The third-order valence-electron chi connectivity index (χ3n) is 4.72. The van der Waals surface area contributed by atoms with Crippen LogP contribution in [0.2, 0.25) is 5.02 Å². The first kappa shape index (κ1) is 17.4. The lowest BCUT2D eigenvalue weighted by atomic mass is 10.0. The smallest absolute Gasteiger partial charge is 0.258 e. The van der Waals surface area contributed by atoms with E-state index >= 15 is 0 Å². The first-order valence-electron chi connectivity index (χ1n) is 9.09. The molecule has 0 aliphatic rings. The molecule has 3 aromatic carbocycles. The molecule has 0 fully saturated rings. The number of anilines is 1. The number of hydrogen-bond donors (Lipinski definition) is 2. The van der Waals surface area contributed by atoms with Gasteiger partial charge in [0.25, 0.3) is 5.91 Å². The fraction of sp³-hybridized carbons (Fsp3) is 0. The van der Waals surface area contributed by atoms with Crippen LogP contribution in [0.15, 0.2) is 78.9 Å². The van der Waals surface area contributed by atoms with Crippen molar-refractivity contribution in [3.63, 3.8) is 0 Å². The van der Waals surface area contributed by atoms with Crippen molar-refractivity contribution in [1.82, 2.24) is 15.0 Å². The molecule has 2 heterocycles. The van der Waals surface area contributed by atoms with E-state index in [1.54, 1.807) is 6.07 Å². The molecule has 6 heteroatoms. The van der Waals surface area contributed by atoms with Crippen molar-refractivity contribution in [2.45, 2.75) is 0 Å². The summed E-state index contributed by atoms with van der Waals surface area (Å²) in [5.74, 6) is 0.156. The van der Waals surface area contributed by atoms with E-state index in [4.69, 9.17) is 16.6 Å². The van der Waals surface area contributed by atoms with Gasteiger partial charge in [0.05, 0.1) is 27.8 Å². The van der Waals surface area contributed by atoms with E-state index in [0.29, 0.717) is 22.2 Å². The van der Waals surface area contributed by atoms with Gasteiger partial charge in [-0.25, -0.2) is 9.97 Å². The molecule has 0 saturated heterocycles. The average Bonchev–Trinajstić information content (AvgIpc) is 3.15. The highest BCUT2D eigenvalue weighted by atomic mass is 35.5. The molecule has 2 N–H and O–H groups in total. The highest BCUT2D eigenvalue weighted by molar-refractivity contribution is 6.30. The normalized spacial score (nSPS) is 11.1. The summed E-state index contributed by atoms with van der Waals surface area (Å²) >= 11 is 6.00. The number of fused-ring (bicyclic) bond motifs is 2. The van der Waals surface area contributed by atoms with Gasteiger partial charge in [0.2, 0.25) is 5.95 Å². The highest BCUT2D eigenvalue weighted by Gasteiger charge is 2.15. The SMILES string of the molecule is O=C(Nc1nc2ccccc2[nH]1)c1cc(-c2ccc(Cl)cc2)nc2ccccc12. The second-order valence-electron chi connectivity index (χ2n) is 6.64. The van der Waals surface area contributed by atoms with Crippen LogP contribution in [0.25, 0.3) is 33.2 Å². The zero-order valence-corrected chi connectivity index (χ0v) is 15.9. The molecule has 0 atom stereocenters. The van der Waals surface area contributed by atoms with Crippen molar-refractivity contribution in [3.05, 3.63) is 89.4 Å². The first-order chi connectivity index (χ1) is 14.2. The van der Waals surface area contributed by atoms with Crippen molar-refractivity contribution < 1.29 is 4.79 Å². The average molecular weight is 399 g/mol. The summed E-state index contributed by atoms with van der Waals surface area (Å²) in [6.45, 7) is 0. The minimum absolute atomic E-state index is 0.252. The Labute approximate surface area is 171 Å². The molecule has 140 valence electrons. The third kappa shape index (κ3) is 3.32. The van der Waals surface area contributed by atoms with E-state index < -0.39 is 0 Å². The zero-order chi connectivity index (χ0) is 19.8. The molecule has 2 aromatic heterocycles. The standard InChI is InChI=1S/C23H15ClN4O/c24-15-11-9-14(10-12-15)21-13-17(16-5-1-2-6-18(16)25-21)22(29)28-23-26-19-7-3-4-8-20(19)27-23/h1-13H,(H2,26,27,28,29). The number of H-pyrrole nitrogens is 1. The minimum atomic E-state index is -0.252. The lowest BCUT2D eigenvalue weighted by Gasteiger charge is -2.10. The summed E-state index contributed by atoms with van der Waals surface area (Å²) in [4.78, 5) is 25.4. The summed E-state index contributed by atoms with van der Waals surface area (Å²) in [7, 11) is 0. The van der Waals surface area contributed by atoms with E-state index in [1.807, 2.05) is 72.8 Å². The van der Waals surface area contributed by atoms with Crippen LogP contribution in [0, 0.1) is 0 Å². The van der Waals surface area contributed by atoms with Crippen molar-refractivity contribution >= 4 is 45.4 Å². The molecule has 29 heavy (non-hydrogen) atoms. The van der Waals surface area contributed by atoms with E-state index in [-0.39, 0.29) is 5.91 Å². The van der Waals surface area contributed by atoms with Gasteiger partial charge in [-0.15, -0.1) is 0 Å². The third-order valence-corrected chi connectivity index (χ3v) is 4.97. The van der Waals surface area contributed by atoms with Crippen molar-refractivity contribution in [3.8, 4) is 11.3 Å². The number of para-hydroxylation sites is 3. The Kier molecular flexibility index (Phi) is 4.22. The predicted molar refractivity (Wildman–Crippen MR) is 116 cm³/mol. The van der Waals surface area contributed by atoms with E-state index in [2.05, 4.69) is 15.3 Å². The van der Waals surface area contributed by atoms with Crippen LogP contribution in [0.1, 0.15) is 10.4 Å². The first-order valence-corrected chi connectivity index (χ1v) is 9.47. The molecule has 0 saturated carbocycles. The molecule has 0 aliphatic heterocycles. The van der Waals surface area contributed by atoms with Crippen molar-refractivity contribution in [2.24, 2.45) is 0 Å². The maximum atomic E-state index is 13.1. The Hall–Kier alpha value is -3.70. The second-order valence-corrected chi connectivity index (χ2v) is 7.07. The minimum Gasteiger partial charge on any atom is -0.324 e. The molecule has 0 bridgehead atoms. The Bertz CT molecular complexity index is 1330. The number of benzene rings is 3. The van der Waals surface area contributed by atoms with Gasteiger partial charge in [-0.05, 0) is 36.4 Å². The number of aromatic nitrogens is 3. The number of nitrogens with zero attached hydrogens (tertiary/aromatic N) is 2. The topological polar surface area (TPSA) is 70.7 Å². The van der Waals surface area contributed by atoms with Crippen molar-refractivity contribution in [1.29, 1.82) is 0 Å². The number of nitrogens with one attached hydrogen (secondary N) is 2. The maximum Gasteiger partial charge on any atom is 0.258 e.